The van der Waals surface area contributed by atoms with Crippen LogP contribution in [0.15, 0.2) is 29.4 Å². The van der Waals surface area contributed by atoms with Crippen molar-refractivity contribution in [3.05, 3.63) is 34.9 Å². The van der Waals surface area contributed by atoms with Gasteiger partial charge < -0.3 is 5.43 Å². The molecule has 1 N–H and O–H groups in total. The highest BCUT2D eigenvalue weighted by Crippen LogP contribution is 2.14. The second-order valence-corrected chi connectivity index (χ2v) is 3.58. The van der Waals surface area contributed by atoms with E-state index in [1.165, 1.54) is 0 Å². The molecular formula is C9H11ClN2S. The Morgan fingerprint density at radius 3 is 2.46 bits per heavy atom. The summed E-state index contributed by atoms with van der Waals surface area (Å²) in [6, 6.07) is 7.63. The van der Waals surface area contributed by atoms with Crippen molar-refractivity contribution in [2.45, 2.75) is 0 Å². The fourth-order valence-corrected chi connectivity index (χ4v) is 1.60. The van der Waals surface area contributed by atoms with Crippen molar-refractivity contribution in [3.63, 3.8) is 0 Å². The van der Waals surface area contributed by atoms with Crippen molar-refractivity contribution in [1.29, 1.82) is 0 Å². The number of nitrogens with zero attached hydrogens (tertiary/aromatic N) is 1. The summed E-state index contributed by atoms with van der Waals surface area (Å²) in [6.45, 7) is 0. The average molecular weight is 215 g/mol. The van der Waals surface area contributed by atoms with Gasteiger partial charge >= 0.3 is 0 Å². The lowest BCUT2D eigenvalue weighted by atomic mass is 10.2. The van der Waals surface area contributed by atoms with E-state index in [1.54, 1.807) is 18.8 Å². The number of thioether (sulfide) groups is 1. The maximum absolute atomic E-state index is 5.77. The van der Waals surface area contributed by atoms with Crippen molar-refractivity contribution >= 4 is 28.4 Å². The Bertz CT molecular complexity index is 295. The van der Waals surface area contributed by atoms with Crippen LogP contribution >= 0.6 is 23.4 Å². The number of benzene rings is 1. The highest BCUT2D eigenvalue weighted by atomic mass is 35.5. The molecule has 0 aliphatic rings. The number of hydrazone groups is 1. The van der Waals surface area contributed by atoms with E-state index >= 15 is 0 Å². The maximum Gasteiger partial charge on any atom is 0.123 e. The van der Waals surface area contributed by atoms with Crippen molar-refractivity contribution in [2.75, 3.05) is 13.3 Å². The van der Waals surface area contributed by atoms with Crippen molar-refractivity contribution in [2.24, 2.45) is 5.10 Å². The highest BCUT2D eigenvalue weighted by Gasteiger charge is 2.00. The summed E-state index contributed by atoms with van der Waals surface area (Å²) in [6.07, 6.45) is 1.99. The van der Waals surface area contributed by atoms with Crippen LogP contribution in [0.5, 0.6) is 0 Å². The first-order valence-electron chi connectivity index (χ1n) is 3.82. The van der Waals surface area contributed by atoms with Gasteiger partial charge in [-0.05, 0) is 18.4 Å². The molecule has 0 aromatic heterocycles. The molecule has 0 unspecified atom stereocenters. The van der Waals surface area contributed by atoms with Gasteiger partial charge in [0.1, 0.15) is 5.04 Å². The standard InChI is InChI=1S/C9H11ClN2S/c1-11-12-9(13-2)7-3-5-8(10)6-4-7/h3-6,11H,1-2H3/b12-9-. The largest absolute Gasteiger partial charge is 0.312 e. The fourth-order valence-electron chi connectivity index (χ4n) is 0.922. The second kappa shape index (κ2) is 5.14. The quantitative estimate of drug-likeness (QED) is 0.465. The smallest absolute Gasteiger partial charge is 0.123 e. The molecular weight excluding hydrogens is 204 g/mol. The highest BCUT2D eigenvalue weighted by molar-refractivity contribution is 8.13. The van der Waals surface area contributed by atoms with Crippen LogP contribution in [0.3, 0.4) is 0 Å². The van der Waals surface area contributed by atoms with E-state index in [0.29, 0.717) is 0 Å². The molecule has 0 aliphatic heterocycles. The lowest BCUT2D eigenvalue weighted by Gasteiger charge is -2.02. The summed E-state index contributed by atoms with van der Waals surface area (Å²) < 4.78 is 0. The molecule has 1 rings (SSSR count). The maximum atomic E-state index is 5.77. The molecule has 0 spiro atoms. The number of hydrogen-bond donors (Lipinski definition) is 1. The minimum absolute atomic E-state index is 0.744. The third-order valence-electron chi connectivity index (χ3n) is 1.50. The van der Waals surface area contributed by atoms with E-state index in [2.05, 4.69) is 10.5 Å². The van der Waals surface area contributed by atoms with E-state index in [1.807, 2.05) is 30.5 Å². The summed E-state index contributed by atoms with van der Waals surface area (Å²) >= 11 is 7.37. The summed E-state index contributed by atoms with van der Waals surface area (Å²) in [7, 11) is 1.78. The second-order valence-electron chi connectivity index (χ2n) is 2.35. The summed E-state index contributed by atoms with van der Waals surface area (Å²) in [5, 5.41) is 5.83. The molecule has 0 saturated carbocycles. The minimum Gasteiger partial charge on any atom is -0.312 e. The molecule has 2 nitrogen and oxygen atoms in total. The summed E-state index contributed by atoms with van der Waals surface area (Å²) in [5.41, 5.74) is 3.84. The third-order valence-corrected chi connectivity index (χ3v) is 2.46. The molecule has 1 aromatic carbocycles. The molecule has 0 amide bonds. The Hall–Kier alpha value is -0.670. The van der Waals surface area contributed by atoms with Crippen LogP contribution in [-0.2, 0) is 0 Å². The van der Waals surface area contributed by atoms with Crippen molar-refractivity contribution < 1.29 is 0 Å². The van der Waals surface area contributed by atoms with Gasteiger partial charge in [-0.25, -0.2) is 0 Å². The molecule has 0 atom stereocenters. The minimum atomic E-state index is 0.744. The van der Waals surface area contributed by atoms with Crippen molar-refractivity contribution in [1.82, 2.24) is 5.43 Å². The predicted molar refractivity (Wildman–Crippen MR) is 60.6 cm³/mol. The summed E-state index contributed by atoms with van der Waals surface area (Å²) in [5.74, 6) is 0. The van der Waals surface area contributed by atoms with Gasteiger partial charge in [-0.15, -0.1) is 11.8 Å². The molecule has 4 heteroatoms. The van der Waals surface area contributed by atoms with E-state index in [-0.39, 0.29) is 0 Å². The molecule has 0 aliphatic carbocycles. The van der Waals surface area contributed by atoms with E-state index in [9.17, 15) is 0 Å². The predicted octanol–water partition coefficient (Wildman–Crippen LogP) is 2.58. The van der Waals surface area contributed by atoms with E-state index in [0.717, 1.165) is 15.6 Å². The molecule has 13 heavy (non-hydrogen) atoms. The number of rotatable bonds is 2. The van der Waals surface area contributed by atoms with Gasteiger partial charge in [-0.3, -0.25) is 0 Å². The van der Waals surface area contributed by atoms with E-state index in [4.69, 9.17) is 11.6 Å². The molecule has 0 radical (unpaired) electrons. The van der Waals surface area contributed by atoms with Gasteiger partial charge in [-0.2, -0.15) is 5.10 Å². The first-order chi connectivity index (χ1) is 6.27. The van der Waals surface area contributed by atoms with Crippen LogP contribution in [0, 0.1) is 0 Å². The Morgan fingerprint density at radius 2 is 2.00 bits per heavy atom. The molecule has 0 saturated heterocycles. The van der Waals surface area contributed by atoms with Crippen LogP contribution in [0.25, 0.3) is 0 Å². The molecule has 0 bridgehead atoms. The lowest BCUT2D eigenvalue weighted by molar-refractivity contribution is 0.906. The molecule has 1 aromatic rings. The normalized spacial score (nSPS) is 11.5. The van der Waals surface area contributed by atoms with E-state index < -0.39 is 0 Å². The Labute approximate surface area is 87.4 Å². The van der Waals surface area contributed by atoms with Gasteiger partial charge in [0.15, 0.2) is 0 Å². The average Bonchev–Trinajstić information content (AvgIpc) is 2.16. The monoisotopic (exact) mass is 214 g/mol. The molecule has 0 fully saturated rings. The van der Waals surface area contributed by atoms with Crippen LogP contribution < -0.4 is 5.43 Å². The zero-order valence-electron chi connectivity index (χ0n) is 7.54. The third kappa shape index (κ3) is 2.94. The Kier molecular flexibility index (Phi) is 4.12. The zero-order chi connectivity index (χ0) is 9.68. The summed E-state index contributed by atoms with van der Waals surface area (Å²) in [4.78, 5) is 0. The van der Waals surface area contributed by atoms with Crippen LogP contribution in [-0.4, -0.2) is 18.3 Å². The topological polar surface area (TPSA) is 24.4 Å². The first-order valence-corrected chi connectivity index (χ1v) is 5.42. The Morgan fingerprint density at radius 1 is 1.38 bits per heavy atom. The lowest BCUT2D eigenvalue weighted by Crippen LogP contribution is -2.02. The molecule has 70 valence electrons. The SMILES string of the molecule is CN/N=C(\SC)c1ccc(Cl)cc1. The van der Waals surface area contributed by atoms with Gasteiger partial charge in [0.25, 0.3) is 0 Å². The van der Waals surface area contributed by atoms with Gasteiger partial charge in [0.05, 0.1) is 0 Å². The van der Waals surface area contributed by atoms with Crippen LogP contribution in [0.2, 0.25) is 5.02 Å². The van der Waals surface area contributed by atoms with Crippen LogP contribution in [0.4, 0.5) is 0 Å². The first kappa shape index (κ1) is 10.4. The number of nitrogens with one attached hydrogen (secondary N) is 1. The van der Waals surface area contributed by atoms with Crippen molar-refractivity contribution in [3.8, 4) is 0 Å². The van der Waals surface area contributed by atoms with Crippen LogP contribution in [0.1, 0.15) is 5.56 Å². The van der Waals surface area contributed by atoms with Gasteiger partial charge in [0.2, 0.25) is 0 Å². The molecule has 0 heterocycles. The van der Waals surface area contributed by atoms with Gasteiger partial charge in [0, 0.05) is 17.6 Å². The van der Waals surface area contributed by atoms with Gasteiger partial charge in [-0.1, -0.05) is 23.7 Å². The fraction of sp³-hybridized carbons (Fsp3) is 0.222. The number of halogens is 1. The Balaban J connectivity index is 2.92. The zero-order valence-corrected chi connectivity index (χ0v) is 9.12. The number of hydrogen-bond acceptors (Lipinski definition) is 3.